The van der Waals surface area contributed by atoms with E-state index in [2.05, 4.69) is 4.98 Å². The average Bonchev–Trinajstić information content (AvgIpc) is 2.53. The van der Waals surface area contributed by atoms with E-state index in [4.69, 9.17) is 4.74 Å². The van der Waals surface area contributed by atoms with E-state index >= 15 is 0 Å². The Labute approximate surface area is 128 Å². The first kappa shape index (κ1) is 14.1. The van der Waals surface area contributed by atoms with Crippen molar-refractivity contribution in [1.29, 1.82) is 0 Å². The topological polar surface area (TPSA) is 48.2 Å². The molecule has 110 valence electrons. The largest absolute Gasteiger partial charge is 0.624 e. The molecule has 2 aromatic carbocycles. The van der Waals surface area contributed by atoms with E-state index in [9.17, 15) is 5.21 Å². The Morgan fingerprint density at radius 1 is 1.05 bits per heavy atom. The fourth-order valence-corrected chi connectivity index (χ4v) is 2.24. The van der Waals surface area contributed by atoms with Crippen LogP contribution in [0.4, 0.5) is 0 Å². The summed E-state index contributed by atoms with van der Waals surface area (Å²) in [6, 6.07) is 19.5. The number of hydrogen-bond donors (Lipinski definition) is 0. The van der Waals surface area contributed by atoms with Crippen LogP contribution in [0.3, 0.4) is 0 Å². The number of hydroxylamine groups is 1. The van der Waals surface area contributed by atoms with Crippen LogP contribution in [-0.2, 0) is 6.61 Å². The van der Waals surface area contributed by atoms with Crippen molar-refractivity contribution in [2.24, 2.45) is 0 Å². The van der Waals surface area contributed by atoms with Crippen molar-refractivity contribution in [2.45, 2.75) is 6.61 Å². The Morgan fingerprint density at radius 3 is 2.64 bits per heavy atom. The van der Waals surface area contributed by atoms with E-state index < -0.39 is 0 Å². The first-order valence-electron chi connectivity index (χ1n) is 7.04. The summed E-state index contributed by atoms with van der Waals surface area (Å²) in [6.07, 6.45) is 1.44. The van der Waals surface area contributed by atoms with Crippen molar-refractivity contribution in [2.75, 3.05) is 7.05 Å². The smallest absolute Gasteiger partial charge is 0.200 e. The molecule has 0 aliphatic heterocycles. The summed E-state index contributed by atoms with van der Waals surface area (Å²) in [4.78, 5) is 4.51. The van der Waals surface area contributed by atoms with Gasteiger partial charge in [0.2, 0.25) is 0 Å². The molecule has 4 nitrogen and oxygen atoms in total. The SMILES string of the molecule is C[N+]([O-])=Cc1ccc2cccc(OCc3ccccc3)c2n1. The van der Waals surface area contributed by atoms with E-state index in [1.807, 2.05) is 60.7 Å². The van der Waals surface area contributed by atoms with Gasteiger partial charge in [0.05, 0.1) is 0 Å². The molecule has 0 bridgehead atoms. The van der Waals surface area contributed by atoms with Crippen molar-refractivity contribution in [3.8, 4) is 5.75 Å². The van der Waals surface area contributed by atoms with Crippen LogP contribution in [0.15, 0.2) is 60.7 Å². The second kappa shape index (κ2) is 6.26. The van der Waals surface area contributed by atoms with Gasteiger partial charge in [-0.05, 0) is 17.7 Å². The van der Waals surface area contributed by atoms with E-state index in [0.717, 1.165) is 21.2 Å². The Bertz CT molecular complexity index is 810. The van der Waals surface area contributed by atoms with Gasteiger partial charge < -0.3 is 9.94 Å². The fourth-order valence-electron chi connectivity index (χ4n) is 2.24. The number of pyridine rings is 1. The first-order chi connectivity index (χ1) is 10.7. The second-order valence-corrected chi connectivity index (χ2v) is 5.01. The highest BCUT2D eigenvalue weighted by Crippen LogP contribution is 2.24. The molecular formula is C18H16N2O2. The highest BCUT2D eigenvalue weighted by Gasteiger charge is 2.06. The summed E-state index contributed by atoms with van der Waals surface area (Å²) < 4.78 is 6.63. The average molecular weight is 292 g/mol. The molecule has 4 heteroatoms. The summed E-state index contributed by atoms with van der Waals surface area (Å²) in [5.74, 6) is 0.713. The van der Waals surface area contributed by atoms with Gasteiger partial charge in [0.15, 0.2) is 6.21 Å². The molecule has 0 amide bonds. The number of para-hydroxylation sites is 1. The summed E-state index contributed by atoms with van der Waals surface area (Å²) in [5.41, 5.74) is 2.47. The molecule has 3 aromatic rings. The van der Waals surface area contributed by atoms with Crippen molar-refractivity contribution in [3.05, 3.63) is 77.1 Å². The second-order valence-electron chi connectivity index (χ2n) is 5.01. The number of rotatable bonds is 4. The molecule has 0 radical (unpaired) electrons. The van der Waals surface area contributed by atoms with Crippen LogP contribution in [-0.4, -0.2) is 23.0 Å². The van der Waals surface area contributed by atoms with Crippen LogP contribution in [0.1, 0.15) is 11.3 Å². The third-order valence-corrected chi connectivity index (χ3v) is 3.26. The maximum absolute atomic E-state index is 11.1. The minimum absolute atomic E-state index is 0.483. The standard InChI is InChI=1S/C18H16N2O2/c1-20(21)12-16-11-10-15-8-5-9-17(18(15)19-16)22-13-14-6-3-2-4-7-14/h2-12H,13H2,1H3. The van der Waals surface area contributed by atoms with Crippen LogP contribution >= 0.6 is 0 Å². The minimum atomic E-state index is 0.483. The van der Waals surface area contributed by atoms with Crippen LogP contribution < -0.4 is 4.74 Å². The van der Waals surface area contributed by atoms with E-state index in [1.54, 1.807) is 0 Å². The van der Waals surface area contributed by atoms with Gasteiger partial charge in [0.1, 0.15) is 30.6 Å². The molecule has 0 aliphatic carbocycles. The zero-order valence-electron chi connectivity index (χ0n) is 12.3. The number of aromatic nitrogens is 1. The van der Waals surface area contributed by atoms with Crippen molar-refractivity contribution in [3.63, 3.8) is 0 Å². The predicted octanol–water partition coefficient (Wildman–Crippen LogP) is 3.37. The molecule has 3 rings (SSSR count). The molecular weight excluding hydrogens is 276 g/mol. The van der Waals surface area contributed by atoms with Gasteiger partial charge in [-0.3, -0.25) is 0 Å². The third-order valence-electron chi connectivity index (χ3n) is 3.26. The number of nitrogens with zero attached hydrogens (tertiary/aromatic N) is 2. The number of ether oxygens (including phenoxy) is 1. The monoisotopic (exact) mass is 292 g/mol. The number of benzene rings is 2. The van der Waals surface area contributed by atoms with Crippen molar-refractivity contribution >= 4 is 17.1 Å². The lowest BCUT2D eigenvalue weighted by Crippen LogP contribution is -2.01. The molecule has 0 saturated heterocycles. The van der Waals surface area contributed by atoms with Gasteiger partial charge in [-0.15, -0.1) is 0 Å². The zero-order chi connectivity index (χ0) is 15.4. The summed E-state index contributed by atoms with van der Waals surface area (Å²) in [7, 11) is 1.43. The van der Waals surface area contributed by atoms with Gasteiger partial charge in [-0.25, -0.2) is 9.72 Å². The third kappa shape index (κ3) is 3.23. The highest BCUT2D eigenvalue weighted by molar-refractivity contribution is 5.87. The summed E-state index contributed by atoms with van der Waals surface area (Å²) in [6.45, 7) is 0.483. The lowest BCUT2D eigenvalue weighted by molar-refractivity contribution is -0.416. The Morgan fingerprint density at radius 2 is 1.86 bits per heavy atom. The van der Waals surface area contributed by atoms with Crippen LogP contribution in [0.2, 0.25) is 0 Å². The van der Waals surface area contributed by atoms with E-state index in [-0.39, 0.29) is 0 Å². The van der Waals surface area contributed by atoms with E-state index in [0.29, 0.717) is 18.1 Å². The molecule has 0 N–H and O–H groups in total. The Balaban J connectivity index is 1.93. The maximum Gasteiger partial charge on any atom is 0.200 e. The Kier molecular flexibility index (Phi) is 4.01. The zero-order valence-corrected chi connectivity index (χ0v) is 12.3. The molecule has 0 saturated carbocycles. The number of fused-ring (bicyclic) bond motifs is 1. The van der Waals surface area contributed by atoms with Gasteiger partial charge in [-0.2, -0.15) is 0 Å². The minimum Gasteiger partial charge on any atom is -0.624 e. The first-order valence-corrected chi connectivity index (χ1v) is 7.04. The summed E-state index contributed by atoms with van der Waals surface area (Å²) in [5, 5.41) is 12.1. The molecule has 0 atom stereocenters. The lowest BCUT2D eigenvalue weighted by Gasteiger charge is -2.09. The van der Waals surface area contributed by atoms with Gasteiger partial charge in [0, 0.05) is 5.39 Å². The molecule has 22 heavy (non-hydrogen) atoms. The lowest BCUT2D eigenvalue weighted by atomic mass is 10.2. The van der Waals surface area contributed by atoms with Gasteiger partial charge in [-0.1, -0.05) is 48.5 Å². The van der Waals surface area contributed by atoms with Crippen LogP contribution in [0, 0.1) is 5.21 Å². The molecule has 1 heterocycles. The molecule has 1 aromatic heterocycles. The van der Waals surface area contributed by atoms with E-state index in [1.165, 1.54) is 13.3 Å². The molecule has 0 aliphatic rings. The summed E-state index contributed by atoms with van der Waals surface area (Å²) >= 11 is 0. The maximum atomic E-state index is 11.1. The highest BCUT2D eigenvalue weighted by atomic mass is 16.5. The normalized spacial score (nSPS) is 11.6. The predicted molar refractivity (Wildman–Crippen MR) is 87.2 cm³/mol. The van der Waals surface area contributed by atoms with Crippen molar-refractivity contribution in [1.82, 2.24) is 4.98 Å². The molecule has 0 unspecified atom stereocenters. The van der Waals surface area contributed by atoms with Gasteiger partial charge >= 0.3 is 0 Å². The fraction of sp³-hybridized carbons (Fsp3) is 0.111. The van der Waals surface area contributed by atoms with Gasteiger partial charge in [0.25, 0.3) is 0 Å². The quantitative estimate of drug-likeness (QED) is 0.320. The molecule has 0 spiro atoms. The van der Waals surface area contributed by atoms with Crippen molar-refractivity contribution < 1.29 is 9.48 Å². The number of hydrogen-bond acceptors (Lipinski definition) is 3. The molecule has 0 fully saturated rings. The van der Waals surface area contributed by atoms with Crippen LogP contribution in [0.5, 0.6) is 5.75 Å². The Hall–Kier alpha value is -2.88. The van der Waals surface area contributed by atoms with Crippen LogP contribution in [0.25, 0.3) is 10.9 Å².